The molecule has 0 aliphatic carbocycles. The molecule has 2 aliphatic heterocycles. The Hall–Kier alpha value is -2.63. The fourth-order valence-corrected chi connectivity index (χ4v) is 3.75. The van der Waals surface area contributed by atoms with E-state index in [0.29, 0.717) is 18.5 Å². The molecular weight excluding hydrogens is 318 g/mol. The minimum Gasteiger partial charge on any atom is -0.481 e. The molecule has 4 rings (SSSR count). The number of nitrogens with zero attached hydrogens (tertiary/aromatic N) is 3. The zero-order valence-electron chi connectivity index (χ0n) is 14.0. The number of carboxylic acid groups (broad SMARTS) is 1. The van der Waals surface area contributed by atoms with Crippen molar-refractivity contribution in [3.63, 3.8) is 0 Å². The van der Waals surface area contributed by atoms with Crippen LogP contribution in [0.2, 0.25) is 0 Å². The van der Waals surface area contributed by atoms with Gasteiger partial charge in [0, 0.05) is 31.6 Å². The van der Waals surface area contributed by atoms with Crippen molar-refractivity contribution in [3.05, 3.63) is 35.9 Å². The maximum absolute atomic E-state index is 13.1. The first-order chi connectivity index (χ1) is 12.1. The molecule has 1 aromatic heterocycles. The highest BCUT2D eigenvalue weighted by atomic mass is 16.4. The largest absolute Gasteiger partial charge is 0.481 e. The van der Waals surface area contributed by atoms with Crippen LogP contribution in [0.15, 0.2) is 30.3 Å². The van der Waals surface area contributed by atoms with Gasteiger partial charge in [-0.3, -0.25) is 9.59 Å². The number of aromatic nitrogens is 1. The second-order valence-electron chi connectivity index (χ2n) is 6.82. The SMILES string of the molecule is O=C(O)[C@@H]1CCN(C(=O)c2cc3ccccc3nc2N2CCCC2)C1. The summed E-state index contributed by atoms with van der Waals surface area (Å²) in [6.07, 6.45) is 2.72. The van der Waals surface area contributed by atoms with E-state index in [9.17, 15) is 14.7 Å². The van der Waals surface area contributed by atoms with Crippen LogP contribution >= 0.6 is 0 Å². The molecule has 1 N–H and O–H groups in total. The molecule has 130 valence electrons. The van der Waals surface area contributed by atoms with Gasteiger partial charge in [0.15, 0.2) is 0 Å². The Morgan fingerprint density at radius 3 is 2.60 bits per heavy atom. The van der Waals surface area contributed by atoms with Crippen molar-refractivity contribution < 1.29 is 14.7 Å². The Kier molecular flexibility index (Phi) is 4.03. The lowest BCUT2D eigenvalue weighted by molar-refractivity contribution is -0.141. The smallest absolute Gasteiger partial charge is 0.308 e. The number of carboxylic acids is 1. The summed E-state index contributed by atoms with van der Waals surface area (Å²) in [5.74, 6) is -0.664. The first-order valence-corrected chi connectivity index (χ1v) is 8.80. The molecule has 25 heavy (non-hydrogen) atoms. The monoisotopic (exact) mass is 339 g/mol. The number of likely N-dealkylation sites (tertiary alicyclic amines) is 1. The van der Waals surface area contributed by atoms with Gasteiger partial charge in [0.05, 0.1) is 17.0 Å². The molecular formula is C19H21N3O3. The van der Waals surface area contributed by atoms with Gasteiger partial charge in [0.1, 0.15) is 5.82 Å². The Morgan fingerprint density at radius 1 is 1.12 bits per heavy atom. The summed E-state index contributed by atoms with van der Waals surface area (Å²) in [7, 11) is 0. The van der Waals surface area contributed by atoms with Crippen LogP contribution in [0.5, 0.6) is 0 Å². The molecule has 6 heteroatoms. The number of amides is 1. The summed E-state index contributed by atoms with van der Waals surface area (Å²) in [4.78, 5) is 32.9. The van der Waals surface area contributed by atoms with Gasteiger partial charge in [-0.15, -0.1) is 0 Å². The molecule has 0 saturated carbocycles. The normalized spacial score (nSPS) is 20.4. The van der Waals surface area contributed by atoms with E-state index in [1.54, 1.807) is 4.90 Å². The van der Waals surface area contributed by atoms with Crippen molar-refractivity contribution in [2.24, 2.45) is 5.92 Å². The summed E-state index contributed by atoms with van der Waals surface area (Å²) in [5, 5.41) is 10.1. The Morgan fingerprint density at radius 2 is 1.88 bits per heavy atom. The van der Waals surface area contributed by atoms with E-state index >= 15 is 0 Å². The second kappa shape index (κ2) is 6.35. The van der Waals surface area contributed by atoms with E-state index in [1.807, 2.05) is 30.3 Å². The predicted octanol–water partition coefficient (Wildman–Crippen LogP) is 2.38. The van der Waals surface area contributed by atoms with Crippen LogP contribution in [0.1, 0.15) is 29.6 Å². The van der Waals surface area contributed by atoms with Crippen LogP contribution in [0.4, 0.5) is 5.82 Å². The number of carbonyl (C=O) groups excluding carboxylic acids is 1. The lowest BCUT2D eigenvalue weighted by Gasteiger charge is -2.23. The average molecular weight is 339 g/mol. The van der Waals surface area contributed by atoms with E-state index in [0.717, 1.165) is 42.7 Å². The minimum atomic E-state index is -0.827. The van der Waals surface area contributed by atoms with Crippen LogP contribution in [0, 0.1) is 5.92 Å². The Balaban J connectivity index is 1.72. The van der Waals surface area contributed by atoms with Gasteiger partial charge in [-0.25, -0.2) is 4.98 Å². The number of anilines is 1. The fraction of sp³-hybridized carbons (Fsp3) is 0.421. The first kappa shape index (κ1) is 15.9. The number of carbonyl (C=O) groups is 2. The summed E-state index contributed by atoms with van der Waals surface area (Å²) in [5.41, 5.74) is 1.47. The average Bonchev–Trinajstić information content (AvgIpc) is 3.31. The molecule has 6 nitrogen and oxygen atoms in total. The summed E-state index contributed by atoms with van der Waals surface area (Å²) in [6, 6.07) is 9.70. The predicted molar refractivity (Wildman–Crippen MR) is 94.8 cm³/mol. The number of para-hydroxylation sites is 1. The number of hydrogen-bond acceptors (Lipinski definition) is 4. The van der Waals surface area contributed by atoms with Crippen molar-refractivity contribution in [1.29, 1.82) is 0 Å². The maximum atomic E-state index is 13.1. The Bertz CT molecular complexity index is 830. The van der Waals surface area contributed by atoms with Crippen molar-refractivity contribution in [2.75, 3.05) is 31.1 Å². The van der Waals surface area contributed by atoms with E-state index < -0.39 is 11.9 Å². The molecule has 0 spiro atoms. The third-order valence-corrected chi connectivity index (χ3v) is 5.16. The van der Waals surface area contributed by atoms with Crippen LogP contribution in [0.3, 0.4) is 0 Å². The third-order valence-electron chi connectivity index (χ3n) is 5.16. The highest BCUT2D eigenvalue weighted by Gasteiger charge is 2.33. The van der Waals surface area contributed by atoms with Crippen molar-refractivity contribution in [1.82, 2.24) is 9.88 Å². The van der Waals surface area contributed by atoms with Gasteiger partial charge in [0.25, 0.3) is 5.91 Å². The third kappa shape index (κ3) is 2.92. The van der Waals surface area contributed by atoms with Crippen molar-refractivity contribution in [3.8, 4) is 0 Å². The molecule has 2 aliphatic rings. The van der Waals surface area contributed by atoms with Crippen molar-refractivity contribution >= 4 is 28.6 Å². The maximum Gasteiger partial charge on any atom is 0.308 e. The van der Waals surface area contributed by atoms with E-state index in [1.165, 1.54) is 0 Å². The number of aliphatic carboxylic acids is 1. The number of hydrogen-bond donors (Lipinski definition) is 1. The van der Waals surface area contributed by atoms with Crippen LogP contribution in [0.25, 0.3) is 10.9 Å². The quantitative estimate of drug-likeness (QED) is 0.929. The molecule has 0 unspecified atom stereocenters. The van der Waals surface area contributed by atoms with Crippen molar-refractivity contribution in [2.45, 2.75) is 19.3 Å². The Labute approximate surface area is 146 Å². The van der Waals surface area contributed by atoms with Crippen LogP contribution in [-0.2, 0) is 4.79 Å². The standard InChI is InChI=1S/C19H21N3O3/c23-18(22-10-7-14(12-22)19(24)25)15-11-13-5-1-2-6-16(13)20-17(15)21-8-3-4-9-21/h1-2,5-6,11,14H,3-4,7-10,12H2,(H,24,25)/t14-/m1/s1. The van der Waals surface area contributed by atoms with Crippen LogP contribution in [-0.4, -0.2) is 53.0 Å². The number of fused-ring (bicyclic) bond motifs is 1. The lowest BCUT2D eigenvalue weighted by atomic mass is 10.1. The summed E-state index contributed by atoms with van der Waals surface area (Å²) >= 11 is 0. The highest BCUT2D eigenvalue weighted by molar-refractivity contribution is 6.02. The number of benzene rings is 1. The minimum absolute atomic E-state index is 0.107. The first-order valence-electron chi connectivity index (χ1n) is 8.80. The molecule has 2 saturated heterocycles. The molecule has 0 radical (unpaired) electrons. The molecule has 0 bridgehead atoms. The lowest BCUT2D eigenvalue weighted by Crippen LogP contribution is -2.32. The fourth-order valence-electron chi connectivity index (χ4n) is 3.75. The van der Waals surface area contributed by atoms with Crippen LogP contribution < -0.4 is 4.90 Å². The summed E-state index contributed by atoms with van der Waals surface area (Å²) in [6.45, 7) is 2.58. The molecule has 3 heterocycles. The van der Waals surface area contributed by atoms with E-state index in [-0.39, 0.29) is 12.5 Å². The zero-order chi connectivity index (χ0) is 17.4. The van der Waals surface area contributed by atoms with Gasteiger partial charge < -0.3 is 14.9 Å². The van der Waals surface area contributed by atoms with Gasteiger partial charge in [-0.2, -0.15) is 0 Å². The topological polar surface area (TPSA) is 73.7 Å². The molecule has 2 fully saturated rings. The molecule has 1 aromatic carbocycles. The molecule has 2 aromatic rings. The van der Waals surface area contributed by atoms with E-state index in [2.05, 4.69) is 4.90 Å². The molecule has 1 atom stereocenters. The number of pyridine rings is 1. The summed E-state index contributed by atoms with van der Waals surface area (Å²) < 4.78 is 0. The van der Waals surface area contributed by atoms with E-state index in [4.69, 9.17) is 4.98 Å². The van der Waals surface area contributed by atoms with Gasteiger partial charge in [-0.1, -0.05) is 18.2 Å². The second-order valence-corrected chi connectivity index (χ2v) is 6.82. The highest BCUT2D eigenvalue weighted by Crippen LogP contribution is 2.29. The number of rotatable bonds is 3. The molecule has 1 amide bonds. The zero-order valence-corrected chi connectivity index (χ0v) is 14.0. The van der Waals surface area contributed by atoms with Gasteiger partial charge >= 0.3 is 5.97 Å². The van der Waals surface area contributed by atoms with Gasteiger partial charge in [0.2, 0.25) is 0 Å². The van der Waals surface area contributed by atoms with Gasteiger partial charge in [-0.05, 0) is 31.4 Å².